The van der Waals surface area contributed by atoms with Crippen LogP contribution in [0.1, 0.15) is 49.9 Å². The van der Waals surface area contributed by atoms with Crippen LogP contribution in [0.5, 0.6) is 0 Å². The first-order chi connectivity index (χ1) is 8.42. The van der Waals surface area contributed by atoms with Gasteiger partial charge in [0.05, 0.1) is 5.01 Å². The van der Waals surface area contributed by atoms with Crippen molar-refractivity contribution in [1.82, 2.24) is 10.3 Å². The largest absolute Gasteiger partial charge is 0.308 e. The van der Waals surface area contributed by atoms with Gasteiger partial charge in [-0.05, 0) is 42.9 Å². The highest BCUT2D eigenvalue weighted by Crippen LogP contribution is 2.62. The Balaban J connectivity index is 1.72. The van der Waals surface area contributed by atoms with Gasteiger partial charge in [-0.2, -0.15) is 0 Å². The Morgan fingerprint density at radius 3 is 2.78 bits per heavy atom. The summed E-state index contributed by atoms with van der Waals surface area (Å²) in [6.45, 7) is 10.5. The summed E-state index contributed by atoms with van der Waals surface area (Å²) >= 11 is 1.82. The van der Waals surface area contributed by atoms with Gasteiger partial charge in [-0.25, -0.2) is 4.98 Å². The number of thiazole rings is 1. The summed E-state index contributed by atoms with van der Waals surface area (Å²) in [4.78, 5) is 5.71. The molecule has 1 heterocycles. The number of nitrogens with one attached hydrogen (secondary N) is 1. The van der Waals surface area contributed by atoms with Gasteiger partial charge in [0.15, 0.2) is 0 Å². The Hall–Kier alpha value is -0.410. The molecule has 0 aromatic carbocycles. The van der Waals surface area contributed by atoms with Crippen LogP contribution in [0.15, 0.2) is 6.20 Å². The molecule has 2 bridgehead atoms. The molecule has 0 aliphatic heterocycles. The number of hydrogen-bond acceptors (Lipinski definition) is 3. The number of fused-ring (bicyclic) bond motifs is 2. The monoisotopic (exact) mass is 264 g/mol. The van der Waals surface area contributed by atoms with Crippen molar-refractivity contribution in [2.24, 2.45) is 16.7 Å². The van der Waals surface area contributed by atoms with Crippen molar-refractivity contribution in [2.45, 2.75) is 59.5 Å². The highest BCUT2D eigenvalue weighted by molar-refractivity contribution is 7.11. The third-order valence-electron chi connectivity index (χ3n) is 5.42. The maximum Gasteiger partial charge on any atom is 0.0897 e. The number of hydrogen-bond donors (Lipinski definition) is 1. The van der Waals surface area contributed by atoms with Crippen LogP contribution in [0.2, 0.25) is 0 Å². The second-order valence-electron chi connectivity index (χ2n) is 7.07. The molecule has 1 unspecified atom stereocenters. The van der Waals surface area contributed by atoms with Crippen LogP contribution in [0.3, 0.4) is 0 Å². The molecule has 1 N–H and O–H groups in total. The third-order valence-corrected chi connectivity index (χ3v) is 6.33. The van der Waals surface area contributed by atoms with Crippen molar-refractivity contribution in [1.29, 1.82) is 0 Å². The quantitative estimate of drug-likeness (QED) is 0.899. The Kier molecular flexibility index (Phi) is 2.83. The summed E-state index contributed by atoms with van der Waals surface area (Å²) in [5.41, 5.74) is 0.973. The summed E-state index contributed by atoms with van der Waals surface area (Å²) < 4.78 is 0. The average molecular weight is 264 g/mol. The zero-order chi connectivity index (χ0) is 13.0. The van der Waals surface area contributed by atoms with Gasteiger partial charge in [-0.15, -0.1) is 11.3 Å². The normalized spacial score (nSPS) is 37.3. The summed E-state index contributed by atoms with van der Waals surface area (Å²) in [6, 6.07) is 0.658. The number of rotatable bonds is 3. The number of aromatic nitrogens is 1. The molecule has 2 fully saturated rings. The van der Waals surface area contributed by atoms with E-state index in [1.54, 1.807) is 0 Å². The fourth-order valence-electron chi connectivity index (χ4n) is 4.50. The van der Waals surface area contributed by atoms with Crippen molar-refractivity contribution < 1.29 is 0 Å². The minimum absolute atomic E-state index is 0.451. The van der Waals surface area contributed by atoms with E-state index >= 15 is 0 Å². The van der Waals surface area contributed by atoms with E-state index < -0.39 is 0 Å². The molecule has 2 saturated carbocycles. The Labute approximate surface area is 114 Å². The van der Waals surface area contributed by atoms with E-state index in [2.05, 4.69) is 38.0 Å². The van der Waals surface area contributed by atoms with Crippen molar-refractivity contribution in [3.8, 4) is 0 Å². The predicted molar refractivity (Wildman–Crippen MR) is 76.7 cm³/mol. The molecule has 3 rings (SSSR count). The smallest absolute Gasteiger partial charge is 0.0897 e. The van der Waals surface area contributed by atoms with Crippen LogP contribution in [0.4, 0.5) is 0 Å². The molecule has 1 aromatic rings. The Morgan fingerprint density at radius 1 is 1.44 bits per heavy atom. The zero-order valence-electron chi connectivity index (χ0n) is 11.9. The second-order valence-corrected chi connectivity index (χ2v) is 8.39. The second kappa shape index (κ2) is 4.04. The van der Waals surface area contributed by atoms with Crippen molar-refractivity contribution >= 4 is 11.3 Å². The lowest BCUT2D eigenvalue weighted by Crippen LogP contribution is -2.49. The predicted octanol–water partition coefficient (Wildman–Crippen LogP) is 3.76. The average Bonchev–Trinajstić information content (AvgIpc) is 2.89. The lowest BCUT2D eigenvalue weighted by atomic mass is 9.68. The van der Waals surface area contributed by atoms with E-state index in [-0.39, 0.29) is 0 Å². The minimum atomic E-state index is 0.451. The van der Waals surface area contributed by atoms with E-state index in [0.717, 1.165) is 12.5 Å². The summed E-state index contributed by atoms with van der Waals surface area (Å²) in [6.07, 6.45) is 6.27. The molecular formula is C15H24N2S. The molecule has 0 radical (unpaired) electrons. The first-order valence-electron chi connectivity index (χ1n) is 7.06. The van der Waals surface area contributed by atoms with Crippen LogP contribution < -0.4 is 5.32 Å². The Morgan fingerprint density at radius 2 is 2.22 bits per heavy atom. The van der Waals surface area contributed by atoms with Crippen molar-refractivity contribution in [3.05, 3.63) is 16.1 Å². The molecule has 0 saturated heterocycles. The van der Waals surface area contributed by atoms with Crippen LogP contribution in [0.25, 0.3) is 0 Å². The van der Waals surface area contributed by atoms with Crippen LogP contribution in [0, 0.1) is 23.7 Å². The molecule has 2 nitrogen and oxygen atoms in total. The van der Waals surface area contributed by atoms with Gasteiger partial charge in [-0.3, -0.25) is 0 Å². The van der Waals surface area contributed by atoms with Crippen LogP contribution in [-0.2, 0) is 6.54 Å². The maximum atomic E-state index is 4.34. The van der Waals surface area contributed by atoms with Gasteiger partial charge in [0, 0.05) is 23.7 Å². The summed E-state index contributed by atoms with van der Waals surface area (Å²) in [5, 5.41) is 5.02. The standard InChI is InChI=1S/C15H24N2S/c1-10-16-8-12(18-10)9-17-13-14(2,3)11-5-6-15(13,4)7-11/h8,11,13,17H,5-7,9H2,1-4H3/t11-,13?,15+/m0/s1. The van der Waals surface area contributed by atoms with Crippen LogP contribution >= 0.6 is 11.3 Å². The lowest BCUT2D eigenvalue weighted by molar-refractivity contribution is 0.108. The molecule has 1 aromatic heterocycles. The molecule has 0 spiro atoms. The topological polar surface area (TPSA) is 24.9 Å². The summed E-state index contributed by atoms with van der Waals surface area (Å²) in [7, 11) is 0. The van der Waals surface area contributed by atoms with E-state index in [4.69, 9.17) is 0 Å². The van der Waals surface area contributed by atoms with E-state index in [9.17, 15) is 0 Å². The molecule has 0 amide bonds. The molecular weight excluding hydrogens is 240 g/mol. The van der Waals surface area contributed by atoms with Gasteiger partial charge in [0.25, 0.3) is 0 Å². The molecule has 2 aliphatic rings. The van der Waals surface area contributed by atoms with Gasteiger partial charge in [0.1, 0.15) is 0 Å². The SMILES string of the molecule is Cc1ncc(CNC2C(C)(C)[C@H]3CC[C@]2(C)C3)s1. The number of aryl methyl sites for hydroxylation is 1. The highest BCUT2D eigenvalue weighted by atomic mass is 32.1. The van der Waals surface area contributed by atoms with E-state index in [0.29, 0.717) is 16.9 Å². The fraction of sp³-hybridized carbons (Fsp3) is 0.800. The van der Waals surface area contributed by atoms with Gasteiger partial charge in [0.2, 0.25) is 0 Å². The zero-order valence-corrected chi connectivity index (χ0v) is 12.7. The third kappa shape index (κ3) is 1.83. The summed E-state index contributed by atoms with van der Waals surface area (Å²) in [5.74, 6) is 0.920. The molecule has 3 atom stereocenters. The molecule has 3 heteroatoms. The molecule has 100 valence electrons. The van der Waals surface area contributed by atoms with Crippen LogP contribution in [-0.4, -0.2) is 11.0 Å². The van der Waals surface area contributed by atoms with Gasteiger partial charge >= 0.3 is 0 Å². The minimum Gasteiger partial charge on any atom is -0.308 e. The number of nitrogens with zero attached hydrogens (tertiary/aromatic N) is 1. The fourth-order valence-corrected chi connectivity index (χ4v) is 5.25. The first-order valence-corrected chi connectivity index (χ1v) is 7.88. The highest BCUT2D eigenvalue weighted by Gasteiger charge is 2.58. The lowest BCUT2D eigenvalue weighted by Gasteiger charge is -2.43. The first kappa shape index (κ1) is 12.6. The molecule has 18 heavy (non-hydrogen) atoms. The van der Waals surface area contributed by atoms with Gasteiger partial charge in [-0.1, -0.05) is 20.8 Å². The van der Waals surface area contributed by atoms with Crippen molar-refractivity contribution in [3.63, 3.8) is 0 Å². The molecule has 2 aliphatic carbocycles. The van der Waals surface area contributed by atoms with Gasteiger partial charge < -0.3 is 5.32 Å². The Bertz CT molecular complexity index is 446. The maximum absolute atomic E-state index is 4.34. The van der Waals surface area contributed by atoms with E-state index in [1.807, 2.05) is 17.5 Å². The van der Waals surface area contributed by atoms with E-state index in [1.165, 1.54) is 29.1 Å². The van der Waals surface area contributed by atoms with Crippen molar-refractivity contribution in [2.75, 3.05) is 0 Å².